The molecule has 0 nitrogen and oxygen atoms in total. The van der Waals surface area contributed by atoms with E-state index < -0.39 is 0 Å². The van der Waals surface area contributed by atoms with Crippen LogP contribution in [0.15, 0.2) is 0 Å². The second-order valence-electron chi connectivity index (χ2n) is 6.78. The minimum absolute atomic E-state index is 0.805. The summed E-state index contributed by atoms with van der Waals surface area (Å²) in [5, 5.41) is 0. The SMILES string of the molecule is CC.CC(C)C(C)C(C)C(C)C(C)C(C)C(C)C. The van der Waals surface area contributed by atoms with Gasteiger partial charge in [0.15, 0.2) is 0 Å². The topological polar surface area (TPSA) is 0 Å². The molecule has 0 saturated carbocycles. The van der Waals surface area contributed by atoms with Crippen LogP contribution < -0.4 is 0 Å². The van der Waals surface area contributed by atoms with Gasteiger partial charge in [0.2, 0.25) is 0 Å². The van der Waals surface area contributed by atoms with Crippen LogP contribution in [0.1, 0.15) is 76.2 Å². The second kappa shape index (κ2) is 9.87. The van der Waals surface area contributed by atoms with E-state index in [4.69, 9.17) is 0 Å². The molecule has 0 fully saturated rings. The summed E-state index contributed by atoms with van der Waals surface area (Å²) in [7, 11) is 0. The Balaban J connectivity index is 0. The lowest BCUT2D eigenvalue weighted by molar-refractivity contribution is 0.126. The summed E-state index contributed by atoms with van der Waals surface area (Å²) in [5.41, 5.74) is 0. The molecule has 0 aliphatic rings. The van der Waals surface area contributed by atoms with Gasteiger partial charge in [-0.05, 0) is 41.4 Å². The first kappa shape index (κ1) is 20.3. The summed E-state index contributed by atoms with van der Waals surface area (Å²) < 4.78 is 0. The van der Waals surface area contributed by atoms with E-state index in [1.165, 1.54) is 0 Å². The molecule has 0 spiro atoms. The van der Waals surface area contributed by atoms with Gasteiger partial charge in [-0.25, -0.2) is 0 Å². The van der Waals surface area contributed by atoms with Crippen molar-refractivity contribution < 1.29 is 0 Å². The molecule has 0 saturated heterocycles. The van der Waals surface area contributed by atoms with Gasteiger partial charge in [-0.3, -0.25) is 0 Å². The van der Waals surface area contributed by atoms with Crippen LogP contribution in [0.2, 0.25) is 0 Å². The van der Waals surface area contributed by atoms with Gasteiger partial charge in [-0.1, -0.05) is 76.2 Å². The molecule has 0 bridgehead atoms. The zero-order chi connectivity index (χ0) is 15.0. The van der Waals surface area contributed by atoms with E-state index in [1.54, 1.807) is 0 Å². The summed E-state index contributed by atoms with van der Waals surface area (Å²) in [6.45, 7) is 25.6. The molecule has 0 rings (SSSR count). The van der Waals surface area contributed by atoms with Crippen molar-refractivity contribution in [2.75, 3.05) is 0 Å². The summed E-state index contributed by atoms with van der Waals surface area (Å²) in [6.07, 6.45) is 0. The number of rotatable bonds is 6. The molecule has 0 aromatic rings. The van der Waals surface area contributed by atoms with E-state index in [0.717, 1.165) is 41.4 Å². The van der Waals surface area contributed by atoms with Crippen LogP contribution >= 0.6 is 0 Å². The van der Waals surface area contributed by atoms with Gasteiger partial charge in [0.05, 0.1) is 0 Å². The van der Waals surface area contributed by atoms with Crippen LogP contribution in [0.25, 0.3) is 0 Å². The first-order valence-electron chi connectivity index (χ1n) is 8.20. The maximum Gasteiger partial charge on any atom is -0.0386 e. The van der Waals surface area contributed by atoms with Gasteiger partial charge in [0, 0.05) is 0 Å². The number of hydrogen-bond donors (Lipinski definition) is 0. The molecule has 4 unspecified atom stereocenters. The molecular formula is C18H40. The third kappa shape index (κ3) is 6.25. The van der Waals surface area contributed by atoms with Crippen LogP contribution in [0, 0.1) is 41.4 Å². The van der Waals surface area contributed by atoms with Crippen molar-refractivity contribution in [2.45, 2.75) is 76.2 Å². The standard InChI is InChI=1S/C16H34.C2H6/c1-10(2)12(5)14(7)16(9)15(8)13(6)11(3)4;1-2/h10-16H,1-9H3;1-2H3. The second-order valence-corrected chi connectivity index (χ2v) is 6.78. The molecule has 0 aromatic carbocycles. The molecule has 0 heteroatoms. The largest absolute Gasteiger partial charge is 0.0683 e. The predicted octanol–water partition coefficient (Wildman–Crippen LogP) is 6.51. The van der Waals surface area contributed by atoms with E-state index in [-0.39, 0.29) is 0 Å². The summed E-state index contributed by atoms with van der Waals surface area (Å²) >= 11 is 0. The van der Waals surface area contributed by atoms with Crippen molar-refractivity contribution in [3.63, 3.8) is 0 Å². The van der Waals surface area contributed by atoms with E-state index in [1.807, 2.05) is 13.8 Å². The average molecular weight is 257 g/mol. The van der Waals surface area contributed by atoms with Crippen molar-refractivity contribution >= 4 is 0 Å². The maximum atomic E-state index is 2.45. The highest BCUT2D eigenvalue weighted by Gasteiger charge is 2.29. The Morgan fingerprint density at radius 3 is 0.667 bits per heavy atom. The molecule has 18 heavy (non-hydrogen) atoms. The lowest BCUT2D eigenvalue weighted by atomic mass is 9.69. The Morgan fingerprint density at radius 1 is 0.333 bits per heavy atom. The molecule has 4 atom stereocenters. The van der Waals surface area contributed by atoms with E-state index in [2.05, 4.69) is 62.3 Å². The Morgan fingerprint density at radius 2 is 0.500 bits per heavy atom. The highest BCUT2D eigenvalue weighted by Crippen LogP contribution is 2.36. The smallest absolute Gasteiger partial charge is 0.0386 e. The van der Waals surface area contributed by atoms with Gasteiger partial charge >= 0.3 is 0 Å². The van der Waals surface area contributed by atoms with Gasteiger partial charge in [0.1, 0.15) is 0 Å². The Hall–Kier alpha value is 0. The van der Waals surface area contributed by atoms with Crippen molar-refractivity contribution in [1.29, 1.82) is 0 Å². The minimum atomic E-state index is 0.805. The summed E-state index contributed by atoms with van der Waals surface area (Å²) in [4.78, 5) is 0. The monoisotopic (exact) mass is 256 g/mol. The average Bonchev–Trinajstić information content (AvgIpc) is 2.36. The lowest BCUT2D eigenvalue weighted by Gasteiger charge is -2.36. The van der Waals surface area contributed by atoms with Crippen molar-refractivity contribution in [1.82, 2.24) is 0 Å². The van der Waals surface area contributed by atoms with E-state index in [0.29, 0.717) is 0 Å². The zero-order valence-corrected chi connectivity index (χ0v) is 15.0. The van der Waals surface area contributed by atoms with Crippen LogP contribution in [-0.2, 0) is 0 Å². The molecule has 0 heterocycles. The van der Waals surface area contributed by atoms with Crippen molar-refractivity contribution in [3.05, 3.63) is 0 Å². The van der Waals surface area contributed by atoms with Crippen LogP contribution in [0.4, 0.5) is 0 Å². The zero-order valence-electron chi connectivity index (χ0n) is 15.0. The van der Waals surface area contributed by atoms with E-state index in [9.17, 15) is 0 Å². The fourth-order valence-electron chi connectivity index (χ4n) is 2.65. The van der Waals surface area contributed by atoms with Gasteiger partial charge in [-0.2, -0.15) is 0 Å². The normalized spacial score (nSPS) is 19.8. The fourth-order valence-corrected chi connectivity index (χ4v) is 2.65. The summed E-state index contributed by atoms with van der Waals surface area (Å²) in [5.74, 6) is 5.76. The van der Waals surface area contributed by atoms with Gasteiger partial charge in [-0.15, -0.1) is 0 Å². The minimum Gasteiger partial charge on any atom is -0.0683 e. The third-order valence-corrected chi connectivity index (χ3v) is 5.42. The number of hydrogen-bond acceptors (Lipinski definition) is 0. The Bertz CT molecular complexity index is 160. The Kier molecular flexibility index (Phi) is 11.1. The van der Waals surface area contributed by atoms with Crippen LogP contribution in [0.5, 0.6) is 0 Å². The molecule has 0 radical (unpaired) electrons. The molecule has 0 amide bonds. The van der Waals surface area contributed by atoms with Gasteiger partial charge in [0.25, 0.3) is 0 Å². The van der Waals surface area contributed by atoms with Gasteiger partial charge < -0.3 is 0 Å². The lowest BCUT2D eigenvalue weighted by Crippen LogP contribution is -2.30. The van der Waals surface area contributed by atoms with Crippen LogP contribution in [-0.4, -0.2) is 0 Å². The molecule has 0 aromatic heterocycles. The first-order chi connectivity index (χ1) is 8.20. The third-order valence-electron chi connectivity index (χ3n) is 5.42. The molecule has 0 aliphatic carbocycles. The Labute approximate surface area is 118 Å². The highest BCUT2D eigenvalue weighted by atomic mass is 14.3. The van der Waals surface area contributed by atoms with E-state index >= 15 is 0 Å². The van der Waals surface area contributed by atoms with Crippen molar-refractivity contribution in [2.24, 2.45) is 41.4 Å². The maximum absolute atomic E-state index is 2.45. The quantitative estimate of drug-likeness (QED) is 0.508. The molecule has 0 aliphatic heterocycles. The highest BCUT2D eigenvalue weighted by molar-refractivity contribution is 4.78. The molecular weight excluding hydrogens is 216 g/mol. The summed E-state index contributed by atoms with van der Waals surface area (Å²) in [6, 6.07) is 0. The molecule has 0 N–H and O–H groups in total. The van der Waals surface area contributed by atoms with Crippen molar-refractivity contribution in [3.8, 4) is 0 Å². The fraction of sp³-hybridized carbons (Fsp3) is 1.00. The van der Waals surface area contributed by atoms with Crippen LogP contribution in [0.3, 0.4) is 0 Å². The molecule has 112 valence electrons. The first-order valence-corrected chi connectivity index (χ1v) is 8.20. The predicted molar refractivity (Wildman–Crippen MR) is 86.8 cm³/mol.